The quantitative estimate of drug-likeness (QED) is 0.755. The van der Waals surface area contributed by atoms with Gasteiger partial charge in [-0.2, -0.15) is 0 Å². The summed E-state index contributed by atoms with van der Waals surface area (Å²) in [6.45, 7) is 9.21. The van der Waals surface area contributed by atoms with Crippen molar-refractivity contribution in [2.45, 2.75) is 39.2 Å². The van der Waals surface area contributed by atoms with E-state index in [2.05, 4.69) is 36.0 Å². The van der Waals surface area contributed by atoms with Crippen LogP contribution in [-0.2, 0) is 4.79 Å². The highest BCUT2D eigenvalue weighted by molar-refractivity contribution is 5.83. The molecule has 0 saturated carbocycles. The molecule has 104 valence electrons. The van der Waals surface area contributed by atoms with Gasteiger partial charge in [0.15, 0.2) is 0 Å². The van der Waals surface area contributed by atoms with Gasteiger partial charge >= 0.3 is 0 Å². The van der Waals surface area contributed by atoms with Crippen LogP contribution in [0.3, 0.4) is 0 Å². The van der Waals surface area contributed by atoms with E-state index in [1.54, 1.807) is 0 Å². The van der Waals surface area contributed by atoms with Crippen molar-refractivity contribution < 1.29 is 4.79 Å². The second-order valence-electron chi connectivity index (χ2n) is 6.30. The van der Waals surface area contributed by atoms with Crippen molar-refractivity contribution in [1.29, 1.82) is 0 Å². The lowest BCUT2D eigenvalue weighted by Gasteiger charge is -2.39. The predicted octanol–water partition coefficient (Wildman–Crippen LogP) is 0.929. The molecule has 4 nitrogen and oxygen atoms in total. The van der Waals surface area contributed by atoms with Gasteiger partial charge in [-0.1, -0.05) is 0 Å². The minimum Gasteiger partial charge on any atom is -0.338 e. The van der Waals surface area contributed by atoms with Crippen LogP contribution in [-0.4, -0.2) is 61.5 Å². The summed E-state index contributed by atoms with van der Waals surface area (Å²) in [5.74, 6) is 0.359. The third kappa shape index (κ3) is 2.86. The molecular formula is C14H27N3O. The van der Waals surface area contributed by atoms with Crippen molar-refractivity contribution in [2.75, 3.05) is 39.8 Å². The Morgan fingerprint density at radius 1 is 1.33 bits per heavy atom. The summed E-state index contributed by atoms with van der Waals surface area (Å²) in [6.07, 6.45) is 3.23. The smallest absolute Gasteiger partial charge is 0.230 e. The van der Waals surface area contributed by atoms with Gasteiger partial charge in [0, 0.05) is 25.7 Å². The molecule has 1 amide bonds. The first-order chi connectivity index (χ1) is 8.53. The van der Waals surface area contributed by atoms with Crippen LogP contribution >= 0.6 is 0 Å². The maximum atomic E-state index is 12.8. The van der Waals surface area contributed by atoms with Gasteiger partial charge < -0.3 is 15.1 Å². The first-order valence-corrected chi connectivity index (χ1v) is 7.23. The molecule has 0 radical (unpaired) electrons. The fourth-order valence-electron chi connectivity index (χ4n) is 3.26. The fraction of sp³-hybridized carbons (Fsp3) is 0.929. The maximum absolute atomic E-state index is 12.8. The minimum absolute atomic E-state index is 0.185. The average Bonchev–Trinajstić information content (AvgIpc) is 2.50. The highest BCUT2D eigenvalue weighted by Gasteiger charge is 2.39. The van der Waals surface area contributed by atoms with Gasteiger partial charge in [-0.3, -0.25) is 4.79 Å². The molecule has 2 aliphatic heterocycles. The zero-order valence-electron chi connectivity index (χ0n) is 12.0. The Kier molecular flexibility index (Phi) is 4.28. The summed E-state index contributed by atoms with van der Waals surface area (Å²) >= 11 is 0. The molecule has 2 unspecified atom stereocenters. The number of hydrogen-bond acceptors (Lipinski definition) is 3. The Labute approximate surface area is 111 Å². The molecule has 2 atom stereocenters. The van der Waals surface area contributed by atoms with Gasteiger partial charge in [0.1, 0.15) is 0 Å². The Morgan fingerprint density at radius 3 is 2.78 bits per heavy atom. The molecule has 18 heavy (non-hydrogen) atoms. The van der Waals surface area contributed by atoms with E-state index in [-0.39, 0.29) is 5.41 Å². The SMILES string of the molecule is CC1CN(C)CCCN1C(=O)C1(C)CCCNC1. The summed E-state index contributed by atoms with van der Waals surface area (Å²) < 4.78 is 0. The fourth-order valence-corrected chi connectivity index (χ4v) is 3.26. The largest absolute Gasteiger partial charge is 0.338 e. The molecule has 2 aliphatic rings. The van der Waals surface area contributed by atoms with E-state index < -0.39 is 0 Å². The molecule has 0 spiro atoms. The molecule has 0 aromatic carbocycles. The lowest BCUT2D eigenvalue weighted by atomic mass is 9.81. The van der Waals surface area contributed by atoms with Gasteiger partial charge in [-0.25, -0.2) is 0 Å². The Hall–Kier alpha value is -0.610. The molecule has 0 aliphatic carbocycles. The number of carbonyl (C=O) groups is 1. The highest BCUT2D eigenvalue weighted by Crippen LogP contribution is 2.29. The molecule has 2 heterocycles. The predicted molar refractivity (Wildman–Crippen MR) is 73.5 cm³/mol. The number of amides is 1. The molecule has 0 aromatic rings. The summed E-state index contributed by atoms with van der Waals surface area (Å²) in [5, 5.41) is 3.38. The molecule has 2 saturated heterocycles. The van der Waals surface area contributed by atoms with Gasteiger partial charge in [0.2, 0.25) is 5.91 Å². The number of nitrogens with one attached hydrogen (secondary N) is 1. The van der Waals surface area contributed by atoms with Crippen molar-refractivity contribution in [3.8, 4) is 0 Å². The normalized spacial score (nSPS) is 35.3. The number of likely N-dealkylation sites (N-methyl/N-ethyl adjacent to an activating group) is 1. The zero-order chi connectivity index (χ0) is 13.2. The van der Waals surface area contributed by atoms with Crippen LogP contribution in [0.4, 0.5) is 0 Å². The van der Waals surface area contributed by atoms with E-state index >= 15 is 0 Å². The van der Waals surface area contributed by atoms with Crippen LogP contribution in [0.15, 0.2) is 0 Å². The number of hydrogen-bond donors (Lipinski definition) is 1. The number of piperidine rings is 1. The van der Waals surface area contributed by atoms with Crippen LogP contribution in [0.1, 0.15) is 33.1 Å². The second-order valence-corrected chi connectivity index (χ2v) is 6.30. The summed E-state index contributed by atoms with van der Waals surface area (Å²) in [4.78, 5) is 17.3. The van der Waals surface area contributed by atoms with Crippen LogP contribution in [0, 0.1) is 5.41 Å². The van der Waals surface area contributed by atoms with Crippen LogP contribution in [0.25, 0.3) is 0 Å². The number of rotatable bonds is 1. The van der Waals surface area contributed by atoms with E-state index in [9.17, 15) is 4.79 Å². The topological polar surface area (TPSA) is 35.6 Å². The third-order valence-electron chi connectivity index (χ3n) is 4.42. The van der Waals surface area contributed by atoms with Gasteiger partial charge in [-0.15, -0.1) is 0 Å². The Bertz CT molecular complexity index is 299. The molecule has 0 aromatic heterocycles. The van der Waals surface area contributed by atoms with Crippen molar-refractivity contribution in [3.05, 3.63) is 0 Å². The Morgan fingerprint density at radius 2 is 2.11 bits per heavy atom. The van der Waals surface area contributed by atoms with Crippen molar-refractivity contribution in [2.24, 2.45) is 5.41 Å². The van der Waals surface area contributed by atoms with Gasteiger partial charge in [0.05, 0.1) is 5.41 Å². The molecule has 1 N–H and O–H groups in total. The first kappa shape index (κ1) is 13.8. The van der Waals surface area contributed by atoms with Gasteiger partial charge in [0.25, 0.3) is 0 Å². The minimum atomic E-state index is -0.185. The van der Waals surface area contributed by atoms with E-state index in [0.29, 0.717) is 11.9 Å². The van der Waals surface area contributed by atoms with Crippen molar-refractivity contribution >= 4 is 5.91 Å². The van der Waals surface area contributed by atoms with Crippen LogP contribution in [0.2, 0.25) is 0 Å². The van der Waals surface area contributed by atoms with E-state index in [4.69, 9.17) is 0 Å². The van der Waals surface area contributed by atoms with Crippen LogP contribution < -0.4 is 5.32 Å². The molecule has 2 rings (SSSR count). The molecule has 0 bridgehead atoms. The lowest BCUT2D eigenvalue weighted by molar-refractivity contribution is -0.144. The summed E-state index contributed by atoms with van der Waals surface area (Å²) in [7, 11) is 2.15. The van der Waals surface area contributed by atoms with E-state index in [1.165, 1.54) is 0 Å². The summed E-state index contributed by atoms with van der Waals surface area (Å²) in [5.41, 5.74) is -0.185. The number of nitrogens with zero attached hydrogens (tertiary/aromatic N) is 2. The molecule has 2 fully saturated rings. The first-order valence-electron chi connectivity index (χ1n) is 7.23. The van der Waals surface area contributed by atoms with Gasteiger partial charge in [-0.05, 0) is 53.2 Å². The molecular weight excluding hydrogens is 226 g/mol. The molecule has 4 heteroatoms. The maximum Gasteiger partial charge on any atom is 0.230 e. The van der Waals surface area contributed by atoms with Crippen LogP contribution in [0.5, 0.6) is 0 Å². The summed E-state index contributed by atoms with van der Waals surface area (Å²) in [6, 6.07) is 0.337. The number of carbonyl (C=O) groups excluding carboxylic acids is 1. The van der Waals surface area contributed by atoms with E-state index in [1.807, 2.05) is 0 Å². The highest BCUT2D eigenvalue weighted by atomic mass is 16.2. The standard InChI is InChI=1S/C14H27N3O/c1-12-10-16(3)8-5-9-17(12)13(18)14(2)6-4-7-15-11-14/h12,15H,4-11H2,1-3H3. The van der Waals surface area contributed by atoms with E-state index in [0.717, 1.165) is 52.0 Å². The second kappa shape index (κ2) is 5.57. The average molecular weight is 253 g/mol. The Balaban J connectivity index is 2.06. The zero-order valence-corrected chi connectivity index (χ0v) is 12.0. The van der Waals surface area contributed by atoms with Crippen molar-refractivity contribution in [3.63, 3.8) is 0 Å². The lowest BCUT2D eigenvalue weighted by Crippen LogP contribution is -2.53. The monoisotopic (exact) mass is 253 g/mol. The third-order valence-corrected chi connectivity index (χ3v) is 4.42. The van der Waals surface area contributed by atoms with Crippen molar-refractivity contribution in [1.82, 2.24) is 15.1 Å².